The van der Waals surface area contributed by atoms with E-state index in [0.717, 1.165) is 13.0 Å². The van der Waals surface area contributed by atoms with Gasteiger partial charge in [-0.15, -0.1) is 0 Å². The molecule has 0 aromatic heterocycles. The minimum Gasteiger partial charge on any atom is -0.369 e. The van der Waals surface area contributed by atoms with Crippen molar-refractivity contribution in [1.29, 1.82) is 0 Å². The van der Waals surface area contributed by atoms with Crippen LogP contribution in [0, 0.1) is 6.92 Å². The van der Waals surface area contributed by atoms with E-state index in [0.29, 0.717) is 0 Å². The fourth-order valence-electron chi connectivity index (χ4n) is 2.28. The van der Waals surface area contributed by atoms with Crippen molar-refractivity contribution in [2.24, 2.45) is 5.73 Å². The van der Waals surface area contributed by atoms with Gasteiger partial charge in [-0.25, -0.2) is 0 Å². The summed E-state index contributed by atoms with van der Waals surface area (Å²) in [5.41, 5.74) is 10.0. The summed E-state index contributed by atoms with van der Waals surface area (Å²) in [6.45, 7) is 14.2. The second-order valence-corrected chi connectivity index (χ2v) is 7.16. The molecule has 1 rings (SSSR count). The van der Waals surface area contributed by atoms with Gasteiger partial charge in [0.15, 0.2) is 0 Å². The lowest BCUT2D eigenvalue weighted by atomic mass is 9.85. The molecule has 0 aliphatic carbocycles. The number of aryl methyl sites for hydroxylation is 1. The van der Waals surface area contributed by atoms with Crippen molar-refractivity contribution in [3.63, 3.8) is 0 Å². The van der Waals surface area contributed by atoms with E-state index in [4.69, 9.17) is 5.73 Å². The topological polar surface area (TPSA) is 29.3 Å². The van der Waals surface area contributed by atoms with E-state index >= 15 is 0 Å². The summed E-state index contributed by atoms with van der Waals surface area (Å²) >= 11 is 0. The van der Waals surface area contributed by atoms with Gasteiger partial charge < -0.3 is 10.6 Å². The van der Waals surface area contributed by atoms with Crippen LogP contribution in [0.4, 0.5) is 5.69 Å². The normalized spacial score (nSPS) is 12.6. The van der Waals surface area contributed by atoms with Crippen molar-refractivity contribution in [3.8, 4) is 0 Å². The van der Waals surface area contributed by atoms with Gasteiger partial charge in [-0.2, -0.15) is 0 Å². The Hall–Kier alpha value is -1.02. The molecular weight excluding hydrogens is 232 g/mol. The predicted molar refractivity (Wildman–Crippen MR) is 86.0 cm³/mol. The van der Waals surface area contributed by atoms with Crippen molar-refractivity contribution >= 4 is 5.69 Å². The average molecular weight is 262 g/mol. The number of hydrogen-bond donors (Lipinski definition) is 1. The Morgan fingerprint density at radius 3 is 2.16 bits per heavy atom. The lowest BCUT2D eigenvalue weighted by Crippen LogP contribution is -2.43. The fraction of sp³-hybridized carbons (Fsp3) is 0.647. The first-order valence-corrected chi connectivity index (χ1v) is 7.14. The molecule has 2 heteroatoms. The lowest BCUT2D eigenvalue weighted by Gasteiger charge is -2.39. The molecule has 108 valence electrons. The highest BCUT2D eigenvalue weighted by molar-refractivity contribution is 5.57. The van der Waals surface area contributed by atoms with Gasteiger partial charge in [-0.3, -0.25) is 0 Å². The molecule has 19 heavy (non-hydrogen) atoms. The number of benzene rings is 1. The number of rotatable bonds is 4. The number of nitrogens with two attached hydrogens (primary N) is 1. The second kappa shape index (κ2) is 5.54. The molecule has 0 spiro atoms. The SMILES string of the molecule is Cc1ccc(C(C)(C)C)cc1N(C)C(C)(C)CCN. The van der Waals surface area contributed by atoms with Crippen molar-refractivity contribution in [3.05, 3.63) is 29.3 Å². The van der Waals surface area contributed by atoms with Crippen LogP contribution >= 0.6 is 0 Å². The second-order valence-electron chi connectivity index (χ2n) is 7.16. The van der Waals surface area contributed by atoms with Crippen LogP contribution in [0.5, 0.6) is 0 Å². The van der Waals surface area contributed by atoms with E-state index in [1.54, 1.807) is 0 Å². The summed E-state index contributed by atoms with van der Waals surface area (Å²) in [5, 5.41) is 0. The molecule has 0 bridgehead atoms. The molecule has 0 radical (unpaired) electrons. The zero-order chi connectivity index (χ0) is 14.8. The van der Waals surface area contributed by atoms with Crippen LogP contribution in [0.1, 0.15) is 52.2 Å². The van der Waals surface area contributed by atoms with Crippen molar-refractivity contribution in [2.75, 3.05) is 18.5 Å². The van der Waals surface area contributed by atoms with Gasteiger partial charge in [-0.05, 0) is 56.3 Å². The van der Waals surface area contributed by atoms with Gasteiger partial charge in [0, 0.05) is 18.3 Å². The largest absolute Gasteiger partial charge is 0.369 e. The Bertz CT molecular complexity index is 427. The molecule has 0 aliphatic rings. The summed E-state index contributed by atoms with van der Waals surface area (Å²) < 4.78 is 0. The molecular formula is C17H30N2. The minimum atomic E-state index is 0.0794. The molecule has 0 saturated heterocycles. The Morgan fingerprint density at radius 2 is 1.68 bits per heavy atom. The van der Waals surface area contributed by atoms with E-state index in [2.05, 4.69) is 71.7 Å². The standard InChI is InChI=1S/C17H30N2/c1-13-8-9-14(16(2,3)4)12-15(13)19(7)17(5,6)10-11-18/h8-9,12H,10-11,18H2,1-7H3. The Morgan fingerprint density at radius 1 is 1.11 bits per heavy atom. The van der Waals surface area contributed by atoms with Gasteiger partial charge in [0.05, 0.1) is 0 Å². The molecule has 1 aromatic carbocycles. The molecule has 0 saturated carbocycles. The highest BCUT2D eigenvalue weighted by Gasteiger charge is 2.25. The third kappa shape index (κ3) is 3.73. The van der Waals surface area contributed by atoms with Crippen LogP contribution in [-0.2, 0) is 5.41 Å². The third-order valence-corrected chi connectivity index (χ3v) is 4.10. The van der Waals surface area contributed by atoms with Gasteiger partial charge in [-0.1, -0.05) is 32.9 Å². The van der Waals surface area contributed by atoms with Crippen LogP contribution in [0.25, 0.3) is 0 Å². The first-order valence-electron chi connectivity index (χ1n) is 7.14. The molecule has 2 nitrogen and oxygen atoms in total. The first-order chi connectivity index (χ1) is 8.59. The molecule has 0 heterocycles. The third-order valence-electron chi connectivity index (χ3n) is 4.10. The monoisotopic (exact) mass is 262 g/mol. The van der Waals surface area contributed by atoms with Crippen LogP contribution in [-0.4, -0.2) is 19.1 Å². The average Bonchev–Trinajstić information content (AvgIpc) is 2.27. The van der Waals surface area contributed by atoms with Crippen LogP contribution in [0.2, 0.25) is 0 Å². The Kier molecular flexibility index (Phi) is 4.67. The van der Waals surface area contributed by atoms with Crippen LogP contribution in [0.15, 0.2) is 18.2 Å². The lowest BCUT2D eigenvalue weighted by molar-refractivity contribution is 0.455. The zero-order valence-electron chi connectivity index (χ0n) is 13.7. The quantitative estimate of drug-likeness (QED) is 0.893. The summed E-state index contributed by atoms with van der Waals surface area (Å²) in [4.78, 5) is 2.37. The minimum absolute atomic E-state index is 0.0794. The molecule has 1 aromatic rings. The zero-order valence-corrected chi connectivity index (χ0v) is 13.7. The number of nitrogens with zero attached hydrogens (tertiary/aromatic N) is 1. The van der Waals surface area contributed by atoms with Gasteiger partial charge >= 0.3 is 0 Å². The van der Waals surface area contributed by atoms with Crippen LogP contribution < -0.4 is 10.6 Å². The van der Waals surface area contributed by atoms with Gasteiger partial charge in [0.1, 0.15) is 0 Å². The number of hydrogen-bond acceptors (Lipinski definition) is 2. The predicted octanol–water partition coefficient (Wildman–Crippen LogP) is 3.86. The maximum atomic E-state index is 5.74. The summed E-state index contributed by atoms with van der Waals surface area (Å²) in [7, 11) is 2.17. The van der Waals surface area contributed by atoms with E-state index < -0.39 is 0 Å². The molecule has 0 amide bonds. The highest BCUT2D eigenvalue weighted by atomic mass is 15.2. The van der Waals surface area contributed by atoms with Gasteiger partial charge in [0.2, 0.25) is 0 Å². The maximum absolute atomic E-state index is 5.74. The molecule has 0 aliphatic heterocycles. The van der Waals surface area contributed by atoms with Crippen LogP contribution in [0.3, 0.4) is 0 Å². The van der Waals surface area contributed by atoms with Crippen molar-refractivity contribution in [2.45, 2.75) is 58.9 Å². The summed E-state index contributed by atoms with van der Waals surface area (Å²) in [5.74, 6) is 0. The fourth-order valence-corrected chi connectivity index (χ4v) is 2.28. The van der Waals surface area contributed by atoms with E-state index in [9.17, 15) is 0 Å². The van der Waals surface area contributed by atoms with Crippen molar-refractivity contribution in [1.82, 2.24) is 0 Å². The summed E-state index contributed by atoms with van der Waals surface area (Å²) in [6.07, 6.45) is 0.989. The highest BCUT2D eigenvalue weighted by Crippen LogP contribution is 2.32. The van der Waals surface area contributed by atoms with E-state index in [1.165, 1.54) is 16.8 Å². The molecule has 0 unspecified atom stereocenters. The maximum Gasteiger partial charge on any atom is 0.0400 e. The Balaban J connectivity index is 3.19. The molecule has 2 N–H and O–H groups in total. The van der Waals surface area contributed by atoms with Gasteiger partial charge in [0.25, 0.3) is 0 Å². The van der Waals surface area contributed by atoms with Crippen molar-refractivity contribution < 1.29 is 0 Å². The Labute approximate surface area is 119 Å². The van der Waals surface area contributed by atoms with E-state index in [-0.39, 0.29) is 11.0 Å². The molecule has 0 fully saturated rings. The smallest absolute Gasteiger partial charge is 0.0400 e. The van der Waals surface area contributed by atoms with E-state index in [1.807, 2.05) is 0 Å². The first kappa shape index (κ1) is 16.0. The molecule has 0 atom stereocenters. The number of anilines is 1. The summed E-state index contributed by atoms with van der Waals surface area (Å²) in [6, 6.07) is 6.79.